The van der Waals surface area contributed by atoms with Crippen molar-refractivity contribution in [1.29, 1.82) is 0 Å². The van der Waals surface area contributed by atoms with Gasteiger partial charge in [-0.15, -0.1) is 0 Å². The highest BCUT2D eigenvalue weighted by Gasteiger charge is 2.43. The molecule has 0 aliphatic heterocycles. The second-order valence-electron chi connectivity index (χ2n) is 6.00. The zero-order valence-corrected chi connectivity index (χ0v) is 13.0. The molecule has 3 heteroatoms. The summed E-state index contributed by atoms with van der Waals surface area (Å²) in [5.41, 5.74) is 6.40. The van der Waals surface area contributed by atoms with Gasteiger partial charge in [0.05, 0.1) is 0 Å². The van der Waals surface area contributed by atoms with E-state index in [-0.39, 0.29) is 5.54 Å². The summed E-state index contributed by atoms with van der Waals surface area (Å²) in [5, 5.41) is 0. The molecule has 0 bridgehead atoms. The predicted molar refractivity (Wildman–Crippen MR) is 79.6 cm³/mol. The number of thioether (sulfide) groups is 1. The van der Waals surface area contributed by atoms with E-state index in [1.165, 1.54) is 25.0 Å². The lowest BCUT2D eigenvalue weighted by Gasteiger charge is -2.52. The first-order valence-electron chi connectivity index (χ1n) is 6.90. The summed E-state index contributed by atoms with van der Waals surface area (Å²) in [7, 11) is 2.28. The molecule has 0 amide bonds. The summed E-state index contributed by atoms with van der Waals surface area (Å²) in [4.78, 5) is 2.57. The molecule has 1 aliphatic carbocycles. The van der Waals surface area contributed by atoms with Crippen molar-refractivity contribution >= 4 is 11.8 Å². The molecule has 102 valence electrons. The smallest absolute Gasteiger partial charge is 0.0357 e. The maximum atomic E-state index is 6.16. The lowest BCUT2D eigenvalue weighted by atomic mass is 9.69. The van der Waals surface area contributed by atoms with Crippen LogP contribution in [0.25, 0.3) is 0 Å². The van der Waals surface area contributed by atoms with E-state index in [1.54, 1.807) is 0 Å². The molecule has 4 unspecified atom stereocenters. The summed E-state index contributed by atoms with van der Waals surface area (Å²) in [6, 6.07) is 0.615. The fourth-order valence-corrected chi connectivity index (χ4v) is 4.15. The van der Waals surface area contributed by atoms with Crippen LogP contribution in [0.3, 0.4) is 0 Å². The summed E-state index contributed by atoms with van der Waals surface area (Å²) in [5.74, 6) is 2.78. The van der Waals surface area contributed by atoms with Gasteiger partial charge in [0.15, 0.2) is 0 Å². The third-order valence-corrected chi connectivity index (χ3v) is 5.68. The van der Waals surface area contributed by atoms with Crippen LogP contribution in [-0.4, -0.2) is 42.1 Å². The molecule has 17 heavy (non-hydrogen) atoms. The molecule has 0 heterocycles. The van der Waals surface area contributed by atoms with E-state index in [0.29, 0.717) is 12.0 Å². The van der Waals surface area contributed by atoms with Gasteiger partial charge in [0.25, 0.3) is 0 Å². The van der Waals surface area contributed by atoms with Crippen molar-refractivity contribution in [2.24, 2.45) is 17.6 Å². The molecule has 2 nitrogen and oxygen atoms in total. The van der Waals surface area contributed by atoms with E-state index in [4.69, 9.17) is 5.73 Å². The Morgan fingerprint density at radius 3 is 2.59 bits per heavy atom. The highest BCUT2D eigenvalue weighted by atomic mass is 32.2. The Kier molecular flexibility index (Phi) is 5.81. The molecule has 0 aromatic carbocycles. The van der Waals surface area contributed by atoms with Gasteiger partial charge >= 0.3 is 0 Å². The van der Waals surface area contributed by atoms with Gasteiger partial charge in [-0.05, 0) is 51.3 Å². The predicted octanol–water partition coefficient (Wildman–Crippen LogP) is 2.82. The van der Waals surface area contributed by atoms with Crippen LogP contribution in [0.1, 0.15) is 40.0 Å². The molecule has 4 atom stereocenters. The van der Waals surface area contributed by atoms with Crippen molar-refractivity contribution in [2.75, 3.05) is 25.6 Å². The van der Waals surface area contributed by atoms with Gasteiger partial charge in [-0.1, -0.05) is 13.8 Å². The van der Waals surface area contributed by atoms with Crippen molar-refractivity contribution < 1.29 is 0 Å². The Hall–Kier alpha value is 0.270. The van der Waals surface area contributed by atoms with Gasteiger partial charge in [-0.3, -0.25) is 4.90 Å². The molecular weight excluding hydrogens is 228 g/mol. The Balaban J connectivity index is 2.79. The van der Waals surface area contributed by atoms with Gasteiger partial charge in [-0.2, -0.15) is 11.8 Å². The van der Waals surface area contributed by atoms with Gasteiger partial charge in [0, 0.05) is 23.9 Å². The Labute approximate surface area is 112 Å². The largest absolute Gasteiger partial charge is 0.329 e. The van der Waals surface area contributed by atoms with Crippen LogP contribution in [-0.2, 0) is 0 Å². The summed E-state index contributed by atoms with van der Waals surface area (Å²) < 4.78 is 0. The molecule has 0 aromatic rings. The maximum absolute atomic E-state index is 6.16. The van der Waals surface area contributed by atoms with Crippen LogP contribution >= 0.6 is 11.8 Å². The number of rotatable bonds is 5. The first kappa shape index (κ1) is 15.3. The van der Waals surface area contributed by atoms with E-state index in [1.807, 2.05) is 11.8 Å². The highest BCUT2D eigenvalue weighted by molar-refractivity contribution is 7.98. The fraction of sp³-hybridized carbons (Fsp3) is 1.00. The third kappa shape index (κ3) is 3.18. The second kappa shape index (κ2) is 6.44. The van der Waals surface area contributed by atoms with Gasteiger partial charge in [0.1, 0.15) is 0 Å². The van der Waals surface area contributed by atoms with Crippen LogP contribution in [0.15, 0.2) is 0 Å². The average Bonchev–Trinajstić information content (AvgIpc) is 2.29. The molecule has 1 fully saturated rings. The highest BCUT2D eigenvalue weighted by Crippen LogP contribution is 2.40. The quantitative estimate of drug-likeness (QED) is 0.822. The number of nitrogens with zero attached hydrogens (tertiary/aromatic N) is 1. The summed E-state index contributed by atoms with van der Waals surface area (Å²) in [6.07, 6.45) is 6.11. The van der Waals surface area contributed by atoms with Crippen LogP contribution < -0.4 is 5.73 Å². The molecule has 1 aliphatic rings. The Morgan fingerprint density at radius 1 is 1.47 bits per heavy atom. The lowest BCUT2D eigenvalue weighted by Crippen LogP contribution is -2.61. The molecule has 0 radical (unpaired) electrons. The zero-order valence-electron chi connectivity index (χ0n) is 12.2. The molecule has 2 N–H and O–H groups in total. The normalized spacial score (nSPS) is 36.2. The van der Waals surface area contributed by atoms with Crippen LogP contribution in [0.2, 0.25) is 0 Å². The van der Waals surface area contributed by atoms with Gasteiger partial charge < -0.3 is 5.73 Å². The molecule has 0 aromatic heterocycles. The monoisotopic (exact) mass is 258 g/mol. The third-order valence-electron chi connectivity index (χ3n) is 4.87. The standard InChI is InChI=1S/C14H30N2S/c1-11-6-7-14(10-15,12(2)8-11)16(4)13(3)9-17-5/h11-13H,6-10,15H2,1-5H3. The van der Waals surface area contributed by atoms with E-state index < -0.39 is 0 Å². The minimum Gasteiger partial charge on any atom is -0.329 e. The SMILES string of the molecule is CSCC(C)N(C)C1(CN)CCC(C)CC1C. The molecule has 0 saturated heterocycles. The van der Waals surface area contributed by atoms with Crippen LogP contribution in [0, 0.1) is 11.8 Å². The number of hydrogen-bond acceptors (Lipinski definition) is 3. The first-order valence-corrected chi connectivity index (χ1v) is 8.29. The van der Waals surface area contributed by atoms with E-state index in [9.17, 15) is 0 Å². The van der Waals surface area contributed by atoms with E-state index in [2.05, 4.69) is 39.0 Å². The van der Waals surface area contributed by atoms with Crippen LogP contribution in [0.4, 0.5) is 0 Å². The molecule has 1 rings (SSSR count). The van der Waals surface area contributed by atoms with E-state index >= 15 is 0 Å². The molecule has 0 spiro atoms. The first-order chi connectivity index (χ1) is 7.97. The lowest BCUT2D eigenvalue weighted by molar-refractivity contribution is 0.0000503. The Morgan fingerprint density at radius 2 is 2.12 bits per heavy atom. The molecular formula is C14H30N2S. The minimum atomic E-state index is 0.238. The molecule has 1 saturated carbocycles. The van der Waals surface area contributed by atoms with Gasteiger partial charge in [-0.25, -0.2) is 0 Å². The van der Waals surface area contributed by atoms with Crippen molar-refractivity contribution in [1.82, 2.24) is 4.90 Å². The van der Waals surface area contributed by atoms with Crippen molar-refractivity contribution in [3.8, 4) is 0 Å². The van der Waals surface area contributed by atoms with Crippen molar-refractivity contribution in [2.45, 2.75) is 51.6 Å². The number of likely N-dealkylation sites (N-methyl/N-ethyl adjacent to an activating group) is 1. The average molecular weight is 258 g/mol. The Bertz CT molecular complexity index is 234. The summed E-state index contributed by atoms with van der Waals surface area (Å²) >= 11 is 1.93. The topological polar surface area (TPSA) is 29.3 Å². The zero-order chi connectivity index (χ0) is 13.1. The van der Waals surface area contributed by atoms with Crippen LogP contribution in [0.5, 0.6) is 0 Å². The van der Waals surface area contributed by atoms with Crippen molar-refractivity contribution in [3.63, 3.8) is 0 Å². The minimum absolute atomic E-state index is 0.238. The second-order valence-corrected chi connectivity index (χ2v) is 6.91. The van der Waals surface area contributed by atoms with Gasteiger partial charge in [0.2, 0.25) is 0 Å². The summed E-state index contributed by atoms with van der Waals surface area (Å²) in [6.45, 7) is 7.90. The maximum Gasteiger partial charge on any atom is 0.0357 e. The van der Waals surface area contributed by atoms with E-state index in [0.717, 1.165) is 12.5 Å². The fourth-order valence-electron chi connectivity index (χ4n) is 3.45. The number of hydrogen-bond donors (Lipinski definition) is 1. The van der Waals surface area contributed by atoms with Crippen molar-refractivity contribution in [3.05, 3.63) is 0 Å². The number of nitrogens with two attached hydrogens (primary N) is 1.